The van der Waals surface area contributed by atoms with E-state index in [-0.39, 0.29) is 13.9 Å². The number of esters is 1. The summed E-state index contributed by atoms with van der Waals surface area (Å²) < 4.78 is 4.60. The van der Waals surface area contributed by atoms with Crippen molar-refractivity contribution < 1.29 is 9.53 Å². The molecule has 3 heteroatoms. The summed E-state index contributed by atoms with van der Waals surface area (Å²) in [7, 11) is 1.25. The van der Waals surface area contributed by atoms with Crippen LogP contribution in [-0.4, -0.2) is 26.4 Å². The van der Waals surface area contributed by atoms with Crippen molar-refractivity contribution >= 4 is 13.9 Å². The first-order chi connectivity index (χ1) is 5.00. The topological polar surface area (TPSA) is 26.3 Å². The van der Waals surface area contributed by atoms with Crippen molar-refractivity contribution in [2.45, 2.75) is 13.8 Å². The van der Waals surface area contributed by atoms with Crippen LogP contribution in [0.5, 0.6) is 0 Å². The van der Waals surface area contributed by atoms with Gasteiger partial charge < -0.3 is 4.74 Å². The standard InChI is InChI=1S/C8H15O2P/c1-6(8(9)10-3)7(2)11(4)5/h1-5H3. The van der Waals surface area contributed by atoms with Crippen molar-refractivity contribution in [3.8, 4) is 0 Å². The molecular formula is C8H15O2P. The summed E-state index contributed by atoms with van der Waals surface area (Å²) in [6.07, 6.45) is 0. The van der Waals surface area contributed by atoms with Crippen LogP contribution in [0.3, 0.4) is 0 Å². The minimum atomic E-state index is -0.210. The Morgan fingerprint density at radius 2 is 1.73 bits per heavy atom. The predicted molar refractivity (Wildman–Crippen MR) is 49.2 cm³/mol. The Morgan fingerprint density at radius 1 is 1.27 bits per heavy atom. The molecule has 0 aliphatic rings. The summed E-state index contributed by atoms with van der Waals surface area (Å²) in [5.74, 6) is -0.210. The maximum absolute atomic E-state index is 11.0. The molecule has 0 amide bonds. The van der Waals surface area contributed by atoms with E-state index < -0.39 is 0 Å². The number of carbonyl (C=O) groups is 1. The molecule has 2 nitrogen and oxygen atoms in total. The van der Waals surface area contributed by atoms with E-state index in [2.05, 4.69) is 18.1 Å². The van der Waals surface area contributed by atoms with Crippen molar-refractivity contribution in [3.05, 3.63) is 10.9 Å². The van der Waals surface area contributed by atoms with E-state index in [4.69, 9.17) is 0 Å². The number of allylic oxidation sites excluding steroid dienone is 1. The fraction of sp³-hybridized carbons (Fsp3) is 0.625. The van der Waals surface area contributed by atoms with Crippen LogP contribution in [0.2, 0.25) is 0 Å². The van der Waals surface area contributed by atoms with Gasteiger partial charge in [0, 0.05) is 5.57 Å². The van der Waals surface area contributed by atoms with Crippen molar-refractivity contribution in [1.29, 1.82) is 0 Å². The molecule has 0 saturated carbocycles. The lowest BCUT2D eigenvalue weighted by atomic mass is 10.3. The maximum atomic E-state index is 11.0. The first kappa shape index (κ1) is 10.6. The van der Waals surface area contributed by atoms with E-state index in [1.165, 1.54) is 7.11 Å². The van der Waals surface area contributed by atoms with Crippen LogP contribution in [0, 0.1) is 0 Å². The van der Waals surface area contributed by atoms with Gasteiger partial charge in [-0.2, -0.15) is 0 Å². The molecule has 0 heterocycles. The Bertz CT molecular complexity index is 183. The first-order valence-electron chi connectivity index (χ1n) is 3.43. The summed E-state index contributed by atoms with van der Waals surface area (Å²) in [5, 5.41) is 1.16. The molecular weight excluding hydrogens is 159 g/mol. The van der Waals surface area contributed by atoms with Crippen molar-refractivity contribution in [1.82, 2.24) is 0 Å². The van der Waals surface area contributed by atoms with Gasteiger partial charge >= 0.3 is 5.97 Å². The normalized spacial score (nSPS) is 12.9. The molecule has 0 unspecified atom stereocenters. The van der Waals surface area contributed by atoms with Crippen LogP contribution in [0.1, 0.15) is 13.8 Å². The molecule has 0 aromatic rings. The van der Waals surface area contributed by atoms with Gasteiger partial charge in [-0.05, 0) is 32.5 Å². The number of hydrogen-bond acceptors (Lipinski definition) is 2. The number of rotatable bonds is 2. The third-order valence-electron chi connectivity index (χ3n) is 1.71. The highest BCUT2D eigenvalue weighted by atomic mass is 31.1. The molecule has 11 heavy (non-hydrogen) atoms. The highest BCUT2D eigenvalue weighted by Gasteiger charge is 2.08. The van der Waals surface area contributed by atoms with E-state index in [0.29, 0.717) is 0 Å². The highest BCUT2D eigenvalue weighted by molar-refractivity contribution is 7.60. The summed E-state index contributed by atoms with van der Waals surface area (Å²) in [6, 6.07) is 0. The lowest BCUT2D eigenvalue weighted by molar-refractivity contribution is -0.136. The highest BCUT2D eigenvalue weighted by Crippen LogP contribution is 2.37. The third kappa shape index (κ3) is 3.02. The van der Waals surface area contributed by atoms with Crippen molar-refractivity contribution in [2.75, 3.05) is 20.4 Å². The zero-order chi connectivity index (χ0) is 9.02. The van der Waals surface area contributed by atoms with E-state index >= 15 is 0 Å². The van der Waals surface area contributed by atoms with Crippen LogP contribution in [0.4, 0.5) is 0 Å². The fourth-order valence-corrected chi connectivity index (χ4v) is 1.40. The summed E-state index contributed by atoms with van der Waals surface area (Å²) in [5.41, 5.74) is 0.753. The molecule has 0 bridgehead atoms. The Labute approximate surface area is 69.4 Å². The van der Waals surface area contributed by atoms with Gasteiger partial charge in [0.05, 0.1) is 7.11 Å². The molecule has 0 atom stereocenters. The van der Waals surface area contributed by atoms with Gasteiger partial charge in [-0.15, -0.1) is 0 Å². The maximum Gasteiger partial charge on any atom is 0.333 e. The zero-order valence-electron chi connectivity index (χ0n) is 7.76. The number of ether oxygens (including phenoxy) is 1. The van der Waals surface area contributed by atoms with Crippen LogP contribution in [0.25, 0.3) is 0 Å². The van der Waals surface area contributed by atoms with Crippen LogP contribution in [0.15, 0.2) is 10.9 Å². The smallest absolute Gasteiger partial charge is 0.333 e. The Morgan fingerprint density at radius 3 is 2.00 bits per heavy atom. The van der Waals surface area contributed by atoms with Gasteiger partial charge in [-0.25, -0.2) is 4.79 Å². The molecule has 0 rings (SSSR count). The molecule has 0 aromatic carbocycles. The predicted octanol–water partition coefficient (Wildman–Crippen LogP) is 2.19. The summed E-state index contributed by atoms with van der Waals surface area (Å²) >= 11 is 0. The summed E-state index contributed by atoms with van der Waals surface area (Å²) in [6.45, 7) is 8.04. The molecule has 64 valence electrons. The average Bonchev–Trinajstić information content (AvgIpc) is 2.00. The van der Waals surface area contributed by atoms with Gasteiger partial charge in [0.1, 0.15) is 0 Å². The largest absolute Gasteiger partial charge is 0.466 e. The van der Waals surface area contributed by atoms with Gasteiger partial charge in [0.2, 0.25) is 0 Å². The van der Waals surface area contributed by atoms with Gasteiger partial charge in [-0.1, -0.05) is 7.92 Å². The Balaban J connectivity index is 4.52. The molecule has 0 saturated heterocycles. The fourth-order valence-electron chi connectivity index (χ4n) is 0.636. The van der Waals surface area contributed by atoms with Crippen LogP contribution < -0.4 is 0 Å². The minimum absolute atomic E-state index is 0.160. The third-order valence-corrected chi connectivity index (χ3v) is 3.38. The minimum Gasteiger partial charge on any atom is -0.466 e. The molecule has 0 aliphatic heterocycles. The first-order valence-corrected chi connectivity index (χ1v) is 5.67. The quantitative estimate of drug-likeness (QED) is 0.364. The molecule has 0 N–H and O–H groups in total. The van der Waals surface area contributed by atoms with Gasteiger partial charge in [-0.3, -0.25) is 0 Å². The van der Waals surface area contributed by atoms with Gasteiger partial charge in [0.25, 0.3) is 0 Å². The Hall–Kier alpha value is -0.360. The van der Waals surface area contributed by atoms with Crippen molar-refractivity contribution in [3.63, 3.8) is 0 Å². The second-order valence-corrected chi connectivity index (χ2v) is 5.06. The zero-order valence-corrected chi connectivity index (χ0v) is 8.66. The summed E-state index contributed by atoms with van der Waals surface area (Å²) in [4.78, 5) is 11.0. The van der Waals surface area contributed by atoms with E-state index in [1.807, 2.05) is 13.8 Å². The van der Waals surface area contributed by atoms with E-state index in [1.54, 1.807) is 0 Å². The number of hydrogen-bond donors (Lipinski definition) is 0. The molecule has 0 radical (unpaired) electrons. The molecule has 0 spiro atoms. The van der Waals surface area contributed by atoms with E-state index in [9.17, 15) is 4.79 Å². The second-order valence-electron chi connectivity index (χ2n) is 2.60. The lowest BCUT2D eigenvalue weighted by Gasteiger charge is -2.09. The van der Waals surface area contributed by atoms with Crippen molar-refractivity contribution in [2.24, 2.45) is 0 Å². The monoisotopic (exact) mass is 174 g/mol. The molecule has 0 aromatic heterocycles. The molecule has 0 fully saturated rings. The number of carbonyl (C=O) groups excluding carboxylic acids is 1. The van der Waals surface area contributed by atoms with E-state index in [0.717, 1.165) is 10.9 Å². The van der Waals surface area contributed by atoms with Crippen LogP contribution in [-0.2, 0) is 9.53 Å². The average molecular weight is 174 g/mol. The second kappa shape index (κ2) is 4.50. The number of methoxy groups -OCH3 is 1. The van der Waals surface area contributed by atoms with Gasteiger partial charge in [0.15, 0.2) is 0 Å². The SMILES string of the molecule is COC(=O)C(C)=C(C)P(C)C. The lowest BCUT2D eigenvalue weighted by Crippen LogP contribution is -2.03. The Kier molecular flexibility index (Phi) is 4.36. The van der Waals surface area contributed by atoms with Crippen LogP contribution >= 0.6 is 7.92 Å². The molecule has 0 aliphatic carbocycles.